The van der Waals surface area contributed by atoms with Gasteiger partial charge in [-0.25, -0.2) is 0 Å². The van der Waals surface area contributed by atoms with Gasteiger partial charge in [-0.1, -0.05) is 86.3 Å². The van der Waals surface area contributed by atoms with Crippen molar-refractivity contribution in [3.05, 3.63) is 24.8 Å². The fraction of sp³-hybridized carbons (Fsp3) is 0.879. The molecule has 0 heteroatoms. The average Bonchev–Trinajstić information content (AvgIpc) is 3.18. The highest BCUT2D eigenvalue weighted by molar-refractivity contribution is 5.20. The quantitative estimate of drug-likeness (QED) is 0.348. The Hall–Kier alpha value is -0.520. The molecule has 0 bridgehead atoms. The van der Waals surface area contributed by atoms with Gasteiger partial charge in [0.05, 0.1) is 0 Å². The zero-order valence-electron chi connectivity index (χ0n) is 24.0. The molecule has 0 aliphatic heterocycles. The van der Waals surface area contributed by atoms with Gasteiger partial charge in [-0.15, -0.1) is 13.2 Å². The van der Waals surface area contributed by atoms with Crippen LogP contribution in [0.15, 0.2) is 24.8 Å². The summed E-state index contributed by atoms with van der Waals surface area (Å²) < 4.78 is 0. The van der Waals surface area contributed by atoms with Crippen molar-refractivity contribution >= 4 is 0 Å². The van der Waals surface area contributed by atoms with Crippen molar-refractivity contribution in [3.63, 3.8) is 0 Å². The second-order valence-corrected chi connectivity index (χ2v) is 12.9. The van der Waals surface area contributed by atoms with Gasteiger partial charge in [0.25, 0.3) is 0 Å². The molecule has 33 heavy (non-hydrogen) atoms. The van der Waals surface area contributed by atoms with Crippen LogP contribution in [0, 0.1) is 58.7 Å². The Balaban J connectivity index is 0.000000914. The second kappa shape index (κ2) is 13.0. The molecule has 8 atom stereocenters. The van der Waals surface area contributed by atoms with Crippen molar-refractivity contribution in [2.24, 2.45) is 58.7 Å². The molecule has 0 saturated heterocycles. The average molecular weight is 457 g/mol. The monoisotopic (exact) mass is 456 g/mol. The highest BCUT2D eigenvalue weighted by Crippen LogP contribution is 2.65. The predicted molar refractivity (Wildman–Crippen MR) is 149 cm³/mol. The lowest BCUT2D eigenvalue weighted by atomic mass is 9.50. The van der Waals surface area contributed by atoms with E-state index in [1.54, 1.807) is 12.8 Å². The molecule has 192 valence electrons. The van der Waals surface area contributed by atoms with E-state index >= 15 is 0 Å². The van der Waals surface area contributed by atoms with Gasteiger partial charge in [0.2, 0.25) is 0 Å². The lowest BCUT2D eigenvalue weighted by Crippen LogP contribution is -2.46. The van der Waals surface area contributed by atoms with E-state index in [4.69, 9.17) is 0 Å². The van der Waals surface area contributed by atoms with E-state index in [0.29, 0.717) is 5.41 Å². The number of fused-ring (bicyclic) bond motifs is 5. The number of hydrogen-bond acceptors (Lipinski definition) is 0. The van der Waals surface area contributed by atoms with Crippen LogP contribution in [-0.2, 0) is 0 Å². The van der Waals surface area contributed by atoms with E-state index in [1.807, 2.05) is 19.4 Å². The van der Waals surface area contributed by atoms with Crippen LogP contribution in [0.4, 0.5) is 0 Å². The Morgan fingerprint density at radius 1 is 0.909 bits per heavy atom. The first kappa shape index (κ1) is 28.7. The molecule has 4 aliphatic rings. The van der Waals surface area contributed by atoms with Crippen LogP contribution in [0.25, 0.3) is 0 Å². The van der Waals surface area contributed by atoms with Crippen molar-refractivity contribution in [1.29, 1.82) is 0 Å². The summed E-state index contributed by atoms with van der Waals surface area (Å²) in [5.74, 6) is 8.71. The fourth-order valence-corrected chi connectivity index (χ4v) is 8.90. The van der Waals surface area contributed by atoms with Crippen LogP contribution in [0.5, 0.6) is 0 Å². The van der Waals surface area contributed by atoms with Crippen molar-refractivity contribution < 1.29 is 0 Å². The Morgan fingerprint density at radius 3 is 2.24 bits per heavy atom. The molecule has 8 unspecified atom stereocenters. The molecule has 4 rings (SSSR count). The lowest BCUT2D eigenvalue weighted by molar-refractivity contribution is -0.0270. The molecular weight excluding hydrogens is 396 g/mol. The second-order valence-electron chi connectivity index (χ2n) is 12.9. The summed E-state index contributed by atoms with van der Waals surface area (Å²) in [5, 5.41) is 0. The predicted octanol–water partition coefficient (Wildman–Crippen LogP) is 10.7. The summed E-state index contributed by atoms with van der Waals surface area (Å²) in [4.78, 5) is 0. The Kier molecular flexibility index (Phi) is 11.3. The molecule has 0 aromatic rings. The molecule has 0 aromatic carbocycles. The highest BCUT2D eigenvalue weighted by atomic mass is 14.6. The SMILES string of the molecule is C=C.CC.CC(C)CCCC(C)C1CCC2C3CC=C4CC(C(C)C)CCC4C3CCC12C. The minimum absolute atomic E-state index is 0.652. The fourth-order valence-electron chi connectivity index (χ4n) is 8.90. The van der Waals surface area contributed by atoms with Crippen LogP contribution < -0.4 is 0 Å². The number of hydrogen-bond donors (Lipinski definition) is 0. The van der Waals surface area contributed by atoms with Gasteiger partial charge in [-0.05, 0) is 110 Å². The third-order valence-electron chi connectivity index (χ3n) is 10.6. The minimum Gasteiger partial charge on any atom is -0.106 e. The lowest BCUT2D eigenvalue weighted by Gasteiger charge is -2.54. The summed E-state index contributed by atoms with van der Waals surface area (Å²) in [5.41, 5.74) is 2.55. The Bertz CT molecular complexity index is 597. The van der Waals surface area contributed by atoms with Crippen LogP contribution in [0.2, 0.25) is 0 Å². The molecule has 0 N–H and O–H groups in total. The summed E-state index contributed by atoms with van der Waals surface area (Å²) in [6.07, 6.45) is 19.1. The van der Waals surface area contributed by atoms with Gasteiger partial charge >= 0.3 is 0 Å². The van der Waals surface area contributed by atoms with E-state index in [-0.39, 0.29) is 0 Å². The molecule has 4 aliphatic carbocycles. The maximum absolute atomic E-state index is 3.00. The van der Waals surface area contributed by atoms with Gasteiger partial charge in [0, 0.05) is 0 Å². The molecule has 0 radical (unpaired) electrons. The summed E-state index contributed by atoms with van der Waals surface area (Å²) in [6, 6.07) is 0. The van der Waals surface area contributed by atoms with Crippen LogP contribution in [0.3, 0.4) is 0 Å². The largest absolute Gasteiger partial charge is 0.106 e. The Labute approximate surface area is 209 Å². The van der Waals surface area contributed by atoms with Gasteiger partial charge in [0.1, 0.15) is 0 Å². The molecule has 0 nitrogen and oxygen atoms in total. The molecule has 0 aromatic heterocycles. The molecule has 3 saturated carbocycles. The van der Waals surface area contributed by atoms with Crippen LogP contribution in [-0.4, -0.2) is 0 Å². The van der Waals surface area contributed by atoms with Crippen molar-refractivity contribution in [2.75, 3.05) is 0 Å². The maximum atomic E-state index is 3.00. The first-order chi connectivity index (χ1) is 15.8. The van der Waals surface area contributed by atoms with Gasteiger partial charge < -0.3 is 0 Å². The first-order valence-corrected chi connectivity index (χ1v) is 15.0. The Morgan fingerprint density at radius 2 is 1.61 bits per heavy atom. The van der Waals surface area contributed by atoms with Crippen molar-refractivity contribution in [2.45, 2.75) is 126 Å². The standard InChI is InChI=1S/C29H50.C2H6.C2H4/c1-19(2)8-7-9-21(5)27-14-15-28-26-13-11-23-18-22(20(3)4)10-12-24(23)25(26)16-17-29(27,28)6;2*1-2/h11,19-22,24-28H,7-10,12-18H2,1-6H3;1-2H3;1-2H2. The van der Waals surface area contributed by atoms with E-state index in [0.717, 1.165) is 53.3 Å². The first-order valence-electron chi connectivity index (χ1n) is 15.0. The van der Waals surface area contributed by atoms with Crippen LogP contribution >= 0.6 is 0 Å². The zero-order chi connectivity index (χ0) is 24.8. The van der Waals surface area contributed by atoms with Gasteiger partial charge in [-0.2, -0.15) is 0 Å². The summed E-state index contributed by atoms with van der Waals surface area (Å²) >= 11 is 0. The van der Waals surface area contributed by atoms with E-state index < -0.39 is 0 Å². The minimum atomic E-state index is 0.652. The molecule has 3 fully saturated rings. The van der Waals surface area contributed by atoms with Crippen molar-refractivity contribution in [3.8, 4) is 0 Å². The number of rotatable bonds is 6. The normalized spacial score (nSPS) is 38.1. The highest BCUT2D eigenvalue weighted by Gasteiger charge is 2.56. The topological polar surface area (TPSA) is 0 Å². The zero-order valence-corrected chi connectivity index (χ0v) is 24.0. The smallest absolute Gasteiger partial charge is 0.0172 e. The van der Waals surface area contributed by atoms with Gasteiger partial charge in [0.15, 0.2) is 0 Å². The van der Waals surface area contributed by atoms with Gasteiger partial charge in [-0.3, -0.25) is 0 Å². The molecular formula is C33H60. The third kappa shape index (κ3) is 6.19. The van der Waals surface area contributed by atoms with Crippen LogP contribution in [0.1, 0.15) is 126 Å². The van der Waals surface area contributed by atoms with E-state index in [9.17, 15) is 0 Å². The molecule has 0 heterocycles. The summed E-state index contributed by atoms with van der Waals surface area (Å²) in [7, 11) is 0. The molecule has 0 spiro atoms. The summed E-state index contributed by atoms with van der Waals surface area (Å²) in [6.45, 7) is 25.0. The third-order valence-corrected chi connectivity index (χ3v) is 10.6. The van der Waals surface area contributed by atoms with E-state index in [1.165, 1.54) is 57.8 Å². The van der Waals surface area contributed by atoms with E-state index in [2.05, 4.69) is 60.8 Å². The maximum Gasteiger partial charge on any atom is -0.0172 e. The van der Waals surface area contributed by atoms with Crippen molar-refractivity contribution in [1.82, 2.24) is 0 Å². The number of allylic oxidation sites excluding steroid dienone is 2. The molecule has 0 amide bonds.